The summed E-state index contributed by atoms with van der Waals surface area (Å²) in [6, 6.07) is 10.5. The molecule has 4 aromatic rings. The third-order valence-electron chi connectivity index (χ3n) is 9.50. The average molecular weight is 563 g/mol. The van der Waals surface area contributed by atoms with Crippen LogP contribution in [0.4, 0.5) is 13.2 Å². The van der Waals surface area contributed by atoms with Crippen LogP contribution in [0.15, 0.2) is 53.8 Å². The van der Waals surface area contributed by atoms with Crippen molar-refractivity contribution in [2.24, 2.45) is 18.4 Å². The SMILES string of the molecule is C[C@H]1CCCN(Cc2cc(C(F)(F)F)c3ncn(-c4cccc(C5(c6nncn6C)CC6(CC6)C5)c4)c(=O)c3c2)C1. The number of rotatable bonds is 5. The summed E-state index contributed by atoms with van der Waals surface area (Å²) in [6.07, 6.45) is 4.79. The van der Waals surface area contributed by atoms with E-state index in [2.05, 4.69) is 27.0 Å². The maximum atomic E-state index is 14.2. The number of likely N-dealkylation sites (tertiary alicyclic amines) is 1. The molecule has 3 aliphatic rings. The molecule has 1 saturated heterocycles. The second-order valence-corrected chi connectivity index (χ2v) is 12.7. The highest BCUT2D eigenvalue weighted by Gasteiger charge is 2.63. The highest BCUT2D eigenvalue weighted by Crippen LogP contribution is 2.70. The van der Waals surface area contributed by atoms with Gasteiger partial charge >= 0.3 is 6.18 Å². The van der Waals surface area contributed by atoms with Gasteiger partial charge in [0.05, 0.1) is 27.6 Å². The summed E-state index contributed by atoms with van der Waals surface area (Å²) < 4.78 is 45.9. The second kappa shape index (κ2) is 9.24. The van der Waals surface area contributed by atoms with Gasteiger partial charge in [-0.1, -0.05) is 19.1 Å². The molecule has 2 aliphatic carbocycles. The van der Waals surface area contributed by atoms with Crippen molar-refractivity contribution in [3.05, 3.63) is 81.9 Å². The first kappa shape index (κ1) is 26.4. The first-order chi connectivity index (χ1) is 19.6. The van der Waals surface area contributed by atoms with Crippen LogP contribution in [0.3, 0.4) is 0 Å². The van der Waals surface area contributed by atoms with Crippen LogP contribution in [0, 0.1) is 11.3 Å². The lowest BCUT2D eigenvalue weighted by Crippen LogP contribution is -2.45. The topological polar surface area (TPSA) is 68.8 Å². The highest BCUT2D eigenvalue weighted by molar-refractivity contribution is 5.82. The molecule has 0 radical (unpaired) electrons. The summed E-state index contributed by atoms with van der Waals surface area (Å²) in [4.78, 5) is 20.2. The van der Waals surface area contributed by atoms with E-state index in [1.165, 1.54) is 23.7 Å². The molecule has 1 spiro atoms. The average Bonchev–Trinajstić information content (AvgIpc) is 3.59. The summed E-state index contributed by atoms with van der Waals surface area (Å²) in [5.41, 5.74) is 0.451. The van der Waals surface area contributed by atoms with Crippen LogP contribution in [0.25, 0.3) is 16.6 Å². The molecule has 1 atom stereocenters. The smallest absolute Gasteiger partial charge is 0.320 e. The van der Waals surface area contributed by atoms with Gasteiger partial charge in [0.2, 0.25) is 0 Å². The molecular weight excluding hydrogens is 529 g/mol. The van der Waals surface area contributed by atoms with Crippen LogP contribution in [-0.4, -0.2) is 42.3 Å². The summed E-state index contributed by atoms with van der Waals surface area (Å²) in [5.74, 6) is 1.38. The third kappa shape index (κ3) is 4.47. The Hall–Kier alpha value is -3.53. The zero-order valence-corrected chi connectivity index (χ0v) is 23.3. The van der Waals surface area contributed by atoms with E-state index in [-0.39, 0.29) is 16.3 Å². The zero-order valence-electron chi connectivity index (χ0n) is 23.3. The van der Waals surface area contributed by atoms with E-state index >= 15 is 0 Å². The third-order valence-corrected chi connectivity index (χ3v) is 9.50. The number of hydrogen-bond donors (Lipinski definition) is 0. The summed E-state index contributed by atoms with van der Waals surface area (Å²) >= 11 is 0. The molecule has 10 heteroatoms. The van der Waals surface area contributed by atoms with Crippen molar-refractivity contribution in [2.45, 2.75) is 63.6 Å². The Morgan fingerprint density at radius 3 is 2.59 bits per heavy atom. The van der Waals surface area contributed by atoms with Crippen molar-refractivity contribution in [1.29, 1.82) is 0 Å². The number of halogens is 3. The fourth-order valence-electron chi connectivity index (χ4n) is 7.39. The monoisotopic (exact) mass is 562 g/mol. The Morgan fingerprint density at radius 2 is 1.90 bits per heavy atom. The molecule has 2 aromatic heterocycles. The van der Waals surface area contributed by atoms with E-state index in [1.807, 2.05) is 29.8 Å². The van der Waals surface area contributed by atoms with Crippen LogP contribution in [0.1, 0.15) is 68.0 Å². The molecule has 3 heterocycles. The minimum atomic E-state index is -4.62. The molecule has 2 saturated carbocycles. The van der Waals surface area contributed by atoms with E-state index in [0.717, 1.165) is 56.2 Å². The molecule has 3 fully saturated rings. The van der Waals surface area contributed by atoms with Crippen molar-refractivity contribution < 1.29 is 13.2 Å². The number of hydrogen-bond acceptors (Lipinski definition) is 5. The van der Waals surface area contributed by atoms with Gasteiger partial charge in [0.25, 0.3) is 5.56 Å². The molecule has 2 aromatic carbocycles. The van der Waals surface area contributed by atoms with Gasteiger partial charge in [-0.15, -0.1) is 10.2 Å². The molecule has 0 amide bonds. The minimum Gasteiger partial charge on any atom is -0.320 e. The molecule has 0 unspecified atom stereocenters. The Kier molecular flexibility index (Phi) is 5.94. The first-order valence-corrected chi connectivity index (χ1v) is 14.4. The maximum Gasteiger partial charge on any atom is 0.418 e. The summed E-state index contributed by atoms with van der Waals surface area (Å²) in [6.45, 7) is 4.20. The van der Waals surface area contributed by atoms with Gasteiger partial charge in [0.1, 0.15) is 18.5 Å². The lowest BCUT2D eigenvalue weighted by molar-refractivity contribution is -0.136. The zero-order chi connectivity index (χ0) is 28.6. The van der Waals surface area contributed by atoms with Crippen LogP contribution < -0.4 is 5.56 Å². The summed E-state index contributed by atoms with van der Waals surface area (Å²) in [5, 5.41) is 8.57. The fourth-order valence-corrected chi connectivity index (χ4v) is 7.39. The van der Waals surface area contributed by atoms with E-state index in [9.17, 15) is 18.0 Å². The van der Waals surface area contributed by atoms with Gasteiger partial charge in [0.15, 0.2) is 0 Å². The van der Waals surface area contributed by atoms with E-state index in [0.29, 0.717) is 29.1 Å². The minimum absolute atomic E-state index is 0.0172. The molecule has 1 aliphatic heterocycles. The van der Waals surface area contributed by atoms with Crippen molar-refractivity contribution in [3.8, 4) is 5.69 Å². The standard InChI is InChI=1S/C31H33F3N6O/c1-20-5-4-10-39(14-20)15-21-11-24-26(25(12-21)31(32,33)34)35-18-40(27(24)41)23-7-3-6-22(13-23)30(16-29(17-30)8-9-29)28-37-36-19-38(28)2/h3,6-7,11-13,18-20H,4-5,8-10,14-17H2,1-2H3/t20-/m0/s1. The molecular formula is C31H33F3N6O. The molecule has 0 bridgehead atoms. The quantitative estimate of drug-likeness (QED) is 0.316. The van der Waals surface area contributed by atoms with E-state index < -0.39 is 17.3 Å². The lowest BCUT2D eigenvalue weighted by atomic mass is 9.56. The Morgan fingerprint density at radius 1 is 1.10 bits per heavy atom. The predicted molar refractivity (Wildman–Crippen MR) is 149 cm³/mol. The first-order valence-electron chi connectivity index (χ1n) is 14.4. The number of benzene rings is 2. The van der Waals surface area contributed by atoms with Gasteiger partial charge in [-0.25, -0.2) is 4.98 Å². The molecule has 7 rings (SSSR count). The number of fused-ring (bicyclic) bond motifs is 1. The Balaban J connectivity index is 1.32. The second-order valence-electron chi connectivity index (χ2n) is 12.7. The Labute approximate surface area is 236 Å². The van der Waals surface area contributed by atoms with Crippen molar-refractivity contribution in [2.75, 3.05) is 13.1 Å². The van der Waals surface area contributed by atoms with Crippen molar-refractivity contribution in [1.82, 2.24) is 29.2 Å². The van der Waals surface area contributed by atoms with Crippen LogP contribution in [-0.2, 0) is 25.2 Å². The largest absolute Gasteiger partial charge is 0.418 e. The van der Waals surface area contributed by atoms with Gasteiger partial charge in [-0.05, 0) is 91.8 Å². The lowest BCUT2D eigenvalue weighted by Gasteiger charge is -2.48. The van der Waals surface area contributed by atoms with E-state index in [1.54, 1.807) is 18.5 Å². The predicted octanol–water partition coefficient (Wildman–Crippen LogP) is 5.63. The van der Waals surface area contributed by atoms with Crippen molar-refractivity contribution >= 4 is 10.9 Å². The normalized spacial score (nSPS) is 21.7. The fraction of sp³-hybridized carbons (Fsp3) is 0.484. The van der Waals surface area contributed by atoms with Crippen LogP contribution in [0.5, 0.6) is 0 Å². The Bertz CT molecular complexity index is 1690. The van der Waals surface area contributed by atoms with Crippen molar-refractivity contribution in [3.63, 3.8) is 0 Å². The number of alkyl halides is 3. The number of nitrogens with zero attached hydrogens (tertiary/aromatic N) is 6. The summed E-state index contributed by atoms with van der Waals surface area (Å²) in [7, 11) is 1.94. The maximum absolute atomic E-state index is 14.2. The van der Waals surface area contributed by atoms with E-state index in [4.69, 9.17) is 0 Å². The van der Waals surface area contributed by atoms with Gasteiger partial charge in [-0.2, -0.15) is 13.2 Å². The number of piperidine rings is 1. The van der Waals surface area contributed by atoms with Gasteiger partial charge < -0.3 is 4.57 Å². The molecule has 7 nitrogen and oxygen atoms in total. The molecule has 41 heavy (non-hydrogen) atoms. The molecule has 214 valence electrons. The number of aryl methyl sites for hydroxylation is 1. The van der Waals surface area contributed by atoms with Crippen LogP contribution in [0.2, 0.25) is 0 Å². The highest BCUT2D eigenvalue weighted by atomic mass is 19.4. The van der Waals surface area contributed by atoms with Crippen LogP contribution >= 0.6 is 0 Å². The molecule has 0 N–H and O–H groups in total. The van der Waals surface area contributed by atoms with Gasteiger partial charge in [0, 0.05) is 20.1 Å². The number of aromatic nitrogens is 5. The van der Waals surface area contributed by atoms with Gasteiger partial charge in [-0.3, -0.25) is 14.3 Å².